The fourth-order valence-electron chi connectivity index (χ4n) is 2.14. The monoisotopic (exact) mass is 274 g/mol. The largest absolute Gasteiger partial charge is 0.356 e. The lowest BCUT2D eigenvalue weighted by Crippen LogP contribution is -2.34. The molecule has 0 atom stereocenters. The van der Waals surface area contributed by atoms with E-state index in [1.54, 1.807) is 18.2 Å². The molecule has 1 N–H and O–H groups in total. The van der Waals surface area contributed by atoms with Crippen molar-refractivity contribution >= 4 is 5.91 Å². The van der Waals surface area contributed by atoms with Crippen LogP contribution >= 0.6 is 0 Å². The first-order valence-corrected chi connectivity index (χ1v) is 6.71. The molecule has 2 aromatic rings. The molecule has 5 heteroatoms. The second kappa shape index (κ2) is 5.45. The summed E-state index contributed by atoms with van der Waals surface area (Å²) in [4.78, 5) is 11.7. The Balaban J connectivity index is 1.61. The summed E-state index contributed by atoms with van der Waals surface area (Å²) in [5.41, 5.74) is 1.42. The molecule has 3 rings (SSSR count). The normalized spacial score (nSPS) is 14.8. The Morgan fingerprint density at radius 3 is 2.75 bits per heavy atom. The van der Waals surface area contributed by atoms with Crippen LogP contribution in [0.4, 0.5) is 4.39 Å². The topological polar surface area (TPSA) is 55.1 Å². The molecule has 1 aromatic carbocycles. The number of nitrogens with one attached hydrogen (secondary N) is 1. The predicted molar refractivity (Wildman–Crippen MR) is 71.1 cm³/mol. The Morgan fingerprint density at radius 2 is 2.10 bits per heavy atom. The van der Waals surface area contributed by atoms with E-state index in [1.165, 1.54) is 12.1 Å². The van der Waals surface area contributed by atoms with Crippen molar-refractivity contribution in [2.45, 2.75) is 25.8 Å². The summed E-state index contributed by atoms with van der Waals surface area (Å²) in [6.45, 7) is 0.361. The highest BCUT2D eigenvalue weighted by Crippen LogP contribution is 2.26. The minimum Gasteiger partial charge on any atom is -0.356 e. The number of carbonyl (C=O) groups is 1. The molecular formula is C15H15FN2O2. The van der Waals surface area contributed by atoms with Crippen LogP contribution in [0.5, 0.6) is 0 Å². The van der Waals surface area contributed by atoms with Gasteiger partial charge in [-0.1, -0.05) is 11.6 Å². The van der Waals surface area contributed by atoms with Crippen molar-refractivity contribution in [3.8, 4) is 11.3 Å². The molecule has 4 nitrogen and oxygen atoms in total. The van der Waals surface area contributed by atoms with Crippen molar-refractivity contribution < 1.29 is 13.7 Å². The molecule has 1 aliphatic carbocycles. The third-order valence-corrected chi connectivity index (χ3v) is 3.61. The molecule has 1 heterocycles. The van der Waals surface area contributed by atoms with Gasteiger partial charge in [-0.15, -0.1) is 0 Å². The maximum atomic E-state index is 12.8. The van der Waals surface area contributed by atoms with Crippen molar-refractivity contribution in [1.29, 1.82) is 0 Å². The number of halogens is 1. The molecule has 0 radical (unpaired) electrons. The minimum atomic E-state index is -0.291. The summed E-state index contributed by atoms with van der Waals surface area (Å²) in [6, 6.07) is 7.76. The van der Waals surface area contributed by atoms with Gasteiger partial charge in [0.25, 0.3) is 0 Å². The quantitative estimate of drug-likeness (QED) is 0.932. The highest BCUT2D eigenvalue weighted by Gasteiger charge is 2.24. The van der Waals surface area contributed by atoms with E-state index in [1.807, 2.05) is 0 Å². The molecule has 1 saturated carbocycles. The van der Waals surface area contributed by atoms with Gasteiger partial charge in [0.05, 0.1) is 6.54 Å². The number of rotatable bonds is 4. The molecule has 104 valence electrons. The van der Waals surface area contributed by atoms with E-state index in [2.05, 4.69) is 10.5 Å². The van der Waals surface area contributed by atoms with Crippen LogP contribution < -0.4 is 5.32 Å². The van der Waals surface area contributed by atoms with Gasteiger partial charge in [0.2, 0.25) is 5.91 Å². The van der Waals surface area contributed by atoms with E-state index in [9.17, 15) is 9.18 Å². The minimum absolute atomic E-state index is 0.0857. The van der Waals surface area contributed by atoms with Crippen molar-refractivity contribution in [2.75, 3.05) is 0 Å². The molecule has 0 saturated heterocycles. The van der Waals surface area contributed by atoms with Gasteiger partial charge in [0.15, 0.2) is 5.76 Å². The molecule has 20 heavy (non-hydrogen) atoms. The van der Waals surface area contributed by atoms with Crippen LogP contribution in [-0.4, -0.2) is 11.1 Å². The molecule has 0 unspecified atom stereocenters. The van der Waals surface area contributed by atoms with E-state index < -0.39 is 0 Å². The summed E-state index contributed by atoms with van der Waals surface area (Å²) in [5, 5.41) is 6.76. The summed E-state index contributed by atoms with van der Waals surface area (Å²) in [5.74, 6) is 0.528. The molecule has 0 aliphatic heterocycles. The van der Waals surface area contributed by atoms with Crippen LogP contribution in [0, 0.1) is 11.7 Å². The highest BCUT2D eigenvalue weighted by molar-refractivity contribution is 5.79. The molecule has 0 spiro atoms. The van der Waals surface area contributed by atoms with Crippen molar-refractivity contribution in [3.05, 3.63) is 41.8 Å². The Hall–Kier alpha value is -2.17. The van der Waals surface area contributed by atoms with Gasteiger partial charge >= 0.3 is 0 Å². The third kappa shape index (κ3) is 2.71. The zero-order valence-electron chi connectivity index (χ0n) is 10.9. The van der Waals surface area contributed by atoms with Crippen LogP contribution in [0.2, 0.25) is 0 Å². The van der Waals surface area contributed by atoms with Gasteiger partial charge in [-0.3, -0.25) is 4.79 Å². The Morgan fingerprint density at radius 1 is 1.35 bits per heavy atom. The Labute approximate surface area is 116 Å². The van der Waals surface area contributed by atoms with E-state index in [-0.39, 0.29) is 17.6 Å². The summed E-state index contributed by atoms with van der Waals surface area (Å²) in [6.07, 6.45) is 3.09. The molecule has 1 aromatic heterocycles. The first-order valence-electron chi connectivity index (χ1n) is 6.71. The van der Waals surface area contributed by atoms with Crippen LogP contribution in [0.25, 0.3) is 11.3 Å². The fourth-order valence-corrected chi connectivity index (χ4v) is 2.14. The van der Waals surface area contributed by atoms with Gasteiger partial charge in [-0.25, -0.2) is 4.39 Å². The van der Waals surface area contributed by atoms with Crippen molar-refractivity contribution in [2.24, 2.45) is 5.92 Å². The maximum absolute atomic E-state index is 12.8. The lowest BCUT2D eigenvalue weighted by molar-refractivity contribution is -0.127. The molecule has 1 aliphatic rings. The standard InChI is InChI=1S/C15H15FN2O2/c16-12-6-4-10(5-7-12)14-8-13(18-20-14)9-17-15(19)11-2-1-3-11/h4-8,11H,1-3,9H2,(H,17,19). The first kappa shape index (κ1) is 12.8. The number of nitrogens with zero attached hydrogens (tertiary/aromatic N) is 1. The lowest BCUT2D eigenvalue weighted by atomic mass is 9.85. The third-order valence-electron chi connectivity index (χ3n) is 3.61. The average Bonchev–Trinajstić information content (AvgIpc) is 2.84. The first-order chi connectivity index (χ1) is 9.72. The summed E-state index contributed by atoms with van der Waals surface area (Å²) >= 11 is 0. The average molecular weight is 274 g/mol. The van der Waals surface area contributed by atoms with E-state index in [0.29, 0.717) is 18.0 Å². The number of benzene rings is 1. The zero-order chi connectivity index (χ0) is 13.9. The summed E-state index contributed by atoms with van der Waals surface area (Å²) < 4.78 is 18.0. The predicted octanol–water partition coefficient (Wildman–Crippen LogP) is 2.90. The number of hydrogen-bond acceptors (Lipinski definition) is 3. The lowest BCUT2D eigenvalue weighted by Gasteiger charge is -2.23. The molecule has 1 amide bonds. The van der Waals surface area contributed by atoms with Gasteiger partial charge in [-0.2, -0.15) is 0 Å². The van der Waals surface area contributed by atoms with Crippen molar-refractivity contribution in [1.82, 2.24) is 10.5 Å². The Bertz CT molecular complexity index is 603. The van der Waals surface area contributed by atoms with E-state index >= 15 is 0 Å². The van der Waals surface area contributed by atoms with Crippen LogP contribution in [0.3, 0.4) is 0 Å². The smallest absolute Gasteiger partial charge is 0.223 e. The molecule has 1 fully saturated rings. The van der Waals surface area contributed by atoms with Crippen LogP contribution in [-0.2, 0) is 11.3 Å². The van der Waals surface area contributed by atoms with Gasteiger partial charge in [0, 0.05) is 17.5 Å². The van der Waals surface area contributed by atoms with Gasteiger partial charge in [0.1, 0.15) is 11.5 Å². The van der Waals surface area contributed by atoms with Gasteiger partial charge < -0.3 is 9.84 Å². The van der Waals surface area contributed by atoms with Crippen molar-refractivity contribution in [3.63, 3.8) is 0 Å². The maximum Gasteiger partial charge on any atom is 0.223 e. The van der Waals surface area contributed by atoms with Gasteiger partial charge in [-0.05, 0) is 37.1 Å². The SMILES string of the molecule is O=C(NCc1cc(-c2ccc(F)cc2)on1)C1CCC1. The highest BCUT2D eigenvalue weighted by atomic mass is 19.1. The second-order valence-electron chi connectivity index (χ2n) is 5.04. The summed E-state index contributed by atoms with van der Waals surface area (Å²) in [7, 11) is 0. The second-order valence-corrected chi connectivity index (χ2v) is 5.04. The van der Waals surface area contributed by atoms with E-state index in [0.717, 1.165) is 24.8 Å². The number of aromatic nitrogens is 1. The number of carbonyl (C=O) groups excluding carboxylic acids is 1. The number of hydrogen-bond donors (Lipinski definition) is 1. The number of amides is 1. The zero-order valence-corrected chi connectivity index (χ0v) is 10.9. The Kier molecular flexibility index (Phi) is 3.50. The molecular weight excluding hydrogens is 259 g/mol. The van der Waals surface area contributed by atoms with Crippen LogP contribution in [0.15, 0.2) is 34.9 Å². The van der Waals surface area contributed by atoms with E-state index in [4.69, 9.17) is 4.52 Å². The fraction of sp³-hybridized carbons (Fsp3) is 0.333. The van der Waals surface area contributed by atoms with Crippen LogP contribution in [0.1, 0.15) is 25.0 Å². The molecule has 0 bridgehead atoms.